The molecule has 6 nitrogen and oxygen atoms in total. The zero-order valence-corrected chi connectivity index (χ0v) is 20.3. The van der Waals surface area contributed by atoms with Gasteiger partial charge in [0.25, 0.3) is 0 Å². The molecular weight excluding hydrogens is 389 g/mol. The van der Waals surface area contributed by atoms with Crippen LogP contribution in [0.4, 0.5) is 0 Å². The number of aliphatic carboxylic acids is 1. The van der Waals surface area contributed by atoms with Gasteiger partial charge in [-0.05, 0) is 6.42 Å². The van der Waals surface area contributed by atoms with Crippen molar-refractivity contribution in [3.63, 3.8) is 0 Å². The van der Waals surface area contributed by atoms with E-state index in [4.69, 9.17) is 9.63 Å². The molecular formula is C22H47NO5P+. The number of unbranched alkanes of at least 4 members (excludes halogenated alkanes) is 12. The lowest BCUT2D eigenvalue weighted by atomic mass is 10.1. The summed E-state index contributed by atoms with van der Waals surface area (Å²) >= 11 is 0. The molecule has 0 spiro atoms. The molecule has 0 rings (SSSR count). The molecule has 2 atom stereocenters. The Bertz CT molecular complexity index is 465. The Morgan fingerprint density at radius 2 is 1.28 bits per heavy atom. The predicted molar refractivity (Wildman–Crippen MR) is 120 cm³/mol. The fourth-order valence-electron chi connectivity index (χ4n) is 3.56. The number of quaternary nitrogens is 1. The minimum absolute atomic E-state index is 0.109. The summed E-state index contributed by atoms with van der Waals surface area (Å²) in [7, 11) is 1.98. The molecule has 0 aromatic carbocycles. The minimum atomic E-state index is -3.75. The van der Waals surface area contributed by atoms with Crippen molar-refractivity contribution in [3.8, 4) is 0 Å². The average Bonchev–Trinajstić information content (AvgIpc) is 2.56. The van der Waals surface area contributed by atoms with E-state index < -0.39 is 19.7 Å². The zero-order chi connectivity index (χ0) is 22.2. The topological polar surface area (TPSA) is 83.8 Å². The van der Waals surface area contributed by atoms with Crippen molar-refractivity contribution in [1.82, 2.24) is 0 Å². The van der Waals surface area contributed by atoms with Crippen molar-refractivity contribution < 1.29 is 28.4 Å². The van der Waals surface area contributed by atoms with E-state index in [1.165, 1.54) is 64.2 Å². The van der Waals surface area contributed by atoms with E-state index in [-0.39, 0.29) is 12.6 Å². The van der Waals surface area contributed by atoms with E-state index in [9.17, 15) is 14.3 Å². The second-order valence-corrected chi connectivity index (χ2v) is 11.3. The predicted octanol–water partition coefficient (Wildman–Crippen LogP) is 5.83. The fraction of sp³-hybridized carbons (Fsp3) is 0.955. The van der Waals surface area contributed by atoms with Crippen molar-refractivity contribution in [2.45, 2.75) is 103 Å². The van der Waals surface area contributed by atoms with Crippen LogP contribution in [-0.2, 0) is 13.9 Å². The van der Waals surface area contributed by atoms with Crippen molar-refractivity contribution in [3.05, 3.63) is 0 Å². The summed E-state index contributed by atoms with van der Waals surface area (Å²) in [5.74, 6) is -1.01. The summed E-state index contributed by atoms with van der Waals surface area (Å²) in [6.45, 7) is 2.63. The second-order valence-electron chi connectivity index (χ2n) is 9.40. The first-order chi connectivity index (χ1) is 13.6. The summed E-state index contributed by atoms with van der Waals surface area (Å²) in [6, 6.07) is 0. The molecule has 0 heterocycles. The van der Waals surface area contributed by atoms with Crippen molar-refractivity contribution in [2.24, 2.45) is 0 Å². The molecule has 0 bridgehead atoms. The van der Waals surface area contributed by atoms with Gasteiger partial charge < -0.3 is 14.5 Å². The highest BCUT2D eigenvalue weighted by Gasteiger charge is 2.30. The molecule has 0 saturated carbocycles. The molecule has 7 heteroatoms. The Kier molecular flexibility index (Phi) is 16.1. The van der Waals surface area contributed by atoms with Gasteiger partial charge in [0.05, 0.1) is 27.6 Å². The maximum Gasteiger partial charge on any atom is 0.328 e. The largest absolute Gasteiger partial charge is 0.481 e. The van der Waals surface area contributed by atoms with Crippen molar-refractivity contribution in [2.75, 3.05) is 33.8 Å². The number of rotatable bonds is 20. The van der Waals surface area contributed by atoms with Gasteiger partial charge >= 0.3 is 13.6 Å². The normalized spacial score (nSPS) is 15.2. The minimum Gasteiger partial charge on any atom is -0.481 e. The third-order valence-corrected chi connectivity index (χ3v) is 6.52. The monoisotopic (exact) mass is 436 g/mol. The SMILES string of the molecule is CCCCCCCCCCCCCCCP(=O)(O)O[C@H](CC(=O)O)C[N+](C)(C)C. The molecule has 0 aliphatic carbocycles. The molecule has 0 aliphatic rings. The molecule has 0 saturated heterocycles. The van der Waals surface area contributed by atoms with Gasteiger partial charge in [0, 0.05) is 6.16 Å². The Morgan fingerprint density at radius 3 is 1.66 bits per heavy atom. The number of hydrogen-bond acceptors (Lipinski definition) is 3. The van der Waals surface area contributed by atoms with Crippen LogP contribution in [0.3, 0.4) is 0 Å². The molecule has 0 aliphatic heterocycles. The third kappa shape index (κ3) is 20.6. The van der Waals surface area contributed by atoms with Gasteiger partial charge in [-0.2, -0.15) is 0 Å². The van der Waals surface area contributed by atoms with E-state index >= 15 is 0 Å². The summed E-state index contributed by atoms with van der Waals surface area (Å²) in [4.78, 5) is 21.1. The van der Waals surface area contributed by atoms with Crippen LogP contribution in [0.1, 0.15) is 96.8 Å². The van der Waals surface area contributed by atoms with E-state index in [0.29, 0.717) is 17.4 Å². The molecule has 174 valence electrons. The lowest BCUT2D eigenvalue weighted by Gasteiger charge is -2.29. The van der Waals surface area contributed by atoms with Crippen LogP contribution < -0.4 is 0 Å². The Labute approximate surface area is 179 Å². The van der Waals surface area contributed by atoms with Crippen LogP contribution in [0.15, 0.2) is 0 Å². The van der Waals surface area contributed by atoms with Crippen LogP contribution in [0, 0.1) is 0 Å². The van der Waals surface area contributed by atoms with Crippen LogP contribution in [0.5, 0.6) is 0 Å². The second kappa shape index (κ2) is 16.3. The lowest BCUT2D eigenvalue weighted by molar-refractivity contribution is -0.873. The first kappa shape index (κ1) is 28.6. The number of likely N-dealkylation sites (N-methyl/N-ethyl adjacent to an activating group) is 1. The molecule has 29 heavy (non-hydrogen) atoms. The van der Waals surface area contributed by atoms with Crippen LogP contribution in [0.2, 0.25) is 0 Å². The number of nitrogens with zero attached hydrogens (tertiary/aromatic N) is 1. The molecule has 1 unspecified atom stereocenters. The number of carbonyl (C=O) groups is 1. The third-order valence-electron chi connectivity index (χ3n) is 5.01. The van der Waals surface area contributed by atoms with Crippen LogP contribution >= 0.6 is 7.60 Å². The van der Waals surface area contributed by atoms with Gasteiger partial charge in [-0.3, -0.25) is 13.9 Å². The first-order valence-electron chi connectivity index (χ1n) is 11.6. The quantitative estimate of drug-likeness (QED) is 0.142. The fourth-order valence-corrected chi connectivity index (χ4v) is 4.89. The maximum absolute atomic E-state index is 12.3. The highest BCUT2D eigenvalue weighted by atomic mass is 31.2. The summed E-state index contributed by atoms with van der Waals surface area (Å²) < 4.78 is 18.2. The highest BCUT2D eigenvalue weighted by molar-refractivity contribution is 7.52. The summed E-state index contributed by atoms with van der Waals surface area (Å²) in [6.07, 6.45) is 14.9. The van der Waals surface area contributed by atoms with Gasteiger partial charge in [-0.25, -0.2) is 0 Å². The van der Waals surface area contributed by atoms with E-state index in [1.54, 1.807) is 0 Å². The van der Waals surface area contributed by atoms with Crippen LogP contribution in [-0.4, -0.2) is 60.4 Å². The van der Waals surface area contributed by atoms with Crippen molar-refractivity contribution >= 4 is 13.6 Å². The average molecular weight is 437 g/mol. The van der Waals surface area contributed by atoms with E-state index in [0.717, 1.165) is 12.8 Å². The zero-order valence-electron chi connectivity index (χ0n) is 19.4. The molecule has 0 amide bonds. The van der Waals surface area contributed by atoms with Crippen molar-refractivity contribution in [1.29, 1.82) is 0 Å². The van der Waals surface area contributed by atoms with Gasteiger partial charge in [0.2, 0.25) is 0 Å². The Balaban J connectivity index is 3.82. The van der Waals surface area contributed by atoms with Gasteiger partial charge in [0.15, 0.2) is 0 Å². The van der Waals surface area contributed by atoms with E-state index in [1.807, 2.05) is 21.1 Å². The molecule has 2 N–H and O–H groups in total. The maximum atomic E-state index is 12.3. The number of carboxylic acid groups (broad SMARTS) is 1. The molecule has 0 radical (unpaired) electrons. The lowest BCUT2D eigenvalue weighted by Crippen LogP contribution is -2.42. The summed E-state index contributed by atoms with van der Waals surface area (Å²) in [5, 5.41) is 9.02. The molecule has 0 aromatic heterocycles. The first-order valence-corrected chi connectivity index (χ1v) is 13.3. The van der Waals surface area contributed by atoms with Gasteiger partial charge in [0.1, 0.15) is 12.6 Å². The van der Waals surface area contributed by atoms with Gasteiger partial charge in [-0.15, -0.1) is 0 Å². The smallest absolute Gasteiger partial charge is 0.328 e. The number of hydrogen-bond donors (Lipinski definition) is 2. The Morgan fingerprint density at radius 1 is 0.862 bits per heavy atom. The molecule has 0 fully saturated rings. The highest BCUT2D eigenvalue weighted by Crippen LogP contribution is 2.45. The van der Waals surface area contributed by atoms with Crippen LogP contribution in [0.25, 0.3) is 0 Å². The Hall–Kier alpha value is -0.420. The summed E-state index contributed by atoms with van der Waals surface area (Å²) in [5.41, 5.74) is 0. The number of carboxylic acids is 1. The van der Waals surface area contributed by atoms with Gasteiger partial charge in [-0.1, -0.05) is 84.0 Å². The van der Waals surface area contributed by atoms with E-state index in [2.05, 4.69) is 6.92 Å². The molecule has 0 aromatic rings. The standard InChI is InChI=1S/C22H46NO5P/c1-5-6-7-8-9-10-11-12-13-14-15-16-17-18-29(26,27)28-21(19-22(24)25)20-23(2,3)4/h21H,5-20H2,1-4H3,(H-,24,25,26,27)/p+1/t21-/m1/s1.